The number of nitrogens with one attached hydrogen (secondary N) is 1. The van der Waals surface area contributed by atoms with E-state index in [9.17, 15) is 9.59 Å². The first kappa shape index (κ1) is 20.6. The average molecular weight is 392 g/mol. The third kappa shape index (κ3) is 5.05. The van der Waals surface area contributed by atoms with Crippen LogP contribution in [0.25, 0.3) is 0 Å². The topological polar surface area (TPSA) is 64.2 Å². The van der Waals surface area contributed by atoms with Crippen LogP contribution in [0.5, 0.6) is 0 Å². The number of nitrogens with zero attached hydrogens (tertiary/aromatic N) is 1. The van der Waals surface area contributed by atoms with Crippen LogP contribution in [0, 0.1) is 5.92 Å². The van der Waals surface area contributed by atoms with Crippen LogP contribution in [0.4, 0.5) is 0 Å². The second-order valence-electron chi connectivity index (χ2n) is 7.95. The lowest BCUT2D eigenvalue weighted by Gasteiger charge is -2.23. The molecule has 2 heterocycles. The monoisotopic (exact) mass is 392 g/mol. The smallest absolute Gasteiger partial charge is 0.287 e. The maximum absolute atomic E-state index is 12.8. The maximum atomic E-state index is 12.8. The fourth-order valence-electron chi connectivity index (χ4n) is 3.28. The lowest BCUT2D eigenvalue weighted by molar-refractivity contribution is 0.0895. The Kier molecular flexibility index (Phi) is 6.37. The molecule has 1 atom stereocenters. The van der Waals surface area contributed by atoms with Gasteiger partial charge in [0.2, 0.25) is 0 Å². The summed E-state index contributed by atoms with van der Waals surface area (Å²) in [6.45, 7) is 8.77. The van der Waals surface area contributed by atoms with Gasteiger partial charge in [0.05, 0.1) is 12.6 Å². The fraction of sp³-hybridized carbons (Fsp3) is 0.333. The molecule has 3 aromatic rings. The summed E-state index contributed by atoms with van der Waals surface area (Å²) in [5.74, 6) is 1.23. The molecule has 0 aliphatic heterocycles. The van der Waals surface area contributed by atoms with Gasteiger partial charge in [-0.2, -0.15) is 0 Å². The molecule has 1 aromatic carbocycles. The summed E-state index contributed by atoms with van der Waals surface area (Å²) in [5, 5.41) is 3.09. The largest absolute Gasteiger partial charge is 0.454 e. The van der Waals surface area contributed by atoms with E-state index < -0.39 is 0 Å². The molecule has 5 nitrogen and oxygen atoms in total. The van der Waals surface area contributed by atoms with E-state index in [1.54, 1.807) is 30.5 Å². The van der Waals surface area contributed by atoms with Crippen molar-refractivity contribution in [3.8, 4) is 0 Å². The number of benzene rings is 1. The van der Waals surface area contributed by atoms with Gasteiger partial charge in [-0.3, -0.25) is 9.59 Å². The first-order valence-corrected chi connectivity index (χ1v) is 10.00. The van der Waals surface area contributed by atoms with Crippen molar-refractivity contribution in [1.82, 2.24) is 9.88 Å². The van der Waals surface area contributed by atoms with Crippen LogP contribution >= 0.6 is 0 Å². The van der Waals surface area contributed by atoms with Gasteiger partial charge in [0.25, 0.3) is 11.5 Å². The van der Waals surface area contributed by atoms with Gasteiger partial charge in [0.15, 0.2) is 5.76 Å². The maximum Gasteiger partial charge on any atom is 0.287 e. The summed E-state index contributed by atoms with van der Waals surface area (Å²) in [6, 6.07) is 16.6. The van der Waals surface area contributed by atoms with Gasteiger partial charge in [0, 0.05) is 12.3 Å². The Bertz CT molecular complexity index is 1010. The van der Waals surface area contributed by atoms with Gasteiger partial charge in [-0.25, -0.2) is 0 Å². The minimum Gasteiger partial charge on any atom is -0.454 e. The predicted molar refractivity (Wildman–Crippen MR) is 114 cm³/mol. The number of furan rings is 1. The Balaban J connectivity index is 1.73. The van der Waals surface area contributed by atoms with Crippen LogP contribution in [0.3, 0.4) is 0 Å². The van der Waals surface area contributed by atoms with Crippen LogP contribution in [0.1, 0.15) is 67.1 Å². The van der Waals surface area contributed by atoms with Gasteiger partial charge in [-0.1, -0.05) is 58.0 Å². The van der Waals surface area contributed by atoms with E-state index in [2.05, 4.69) is 57.3 Å². The number of hydrogen-bond acceptors (Lipinski definition) is 3. The summed E-state index contributed by atoms with van der Waals surface area (Å²) in [6.07, 6.45) is 1.69. The Morgan fingerprint density at radius 1 is 0.966 bits per heavy atom. The van der Waals surface area contributed by atoms with Crippen molar-refractivity contribution in [3.05, 3.63) is 93.8 Å². The quantitative estimate of drug-likeness (QED) is 0.632. The first-order valence-electron chi connectivity index (χ1n) is 10.00. The lowest BCUT2D eigenvalue weighted by atomic mass is 9.93. The highest BCUT2D eigenvalue weighted by molar-refractivity contribution is 5.91. The number of rotatable bonds is 7. The lowest BCUT2D eigenvalue weighted by Crippen LogP contribution is -2.31. The molecule has 0 aliphatic rings. The molecular formula is C24H28N2O3. The summed E-state index contributed by atoms with van der Waals surface area (Å²) >= 11 is 0. The second-order valence-corrected chi connectivity index (χ2v) is 7.95. The fourth-order valence-corrected chi connectivity index (χ4v) is 3.28. The normalized spacial score (nSPS) is 12.3. The molecule has 0 bridgehead atoms. The standard InChI is InChI=1S/C24H28N2O3/c1-16(2)18-8-10-19(11-9-18)23(17(3)4)25-24(28)21-13-12-20(29-21)15-26-14-6-5-7-22(26)27/h5-14,16-17,23H,15H2,1-4H3,(H,25,28). The predicted octanol–water partition coefficient (Wildman–Crippen LogP) is 4.74. The molecule has 1 N–H and O–H groups in total. The minimum absolute atomic E-state index is 0.111. The zero-order valence-corrected chi connectivity index (χ0v) is 17.4. The molecule has 0 aliphatic carbocycles. The van der Waals surface area contributed by atoms with Crippen molar-refractivity contribution in [2.45, 2.75) is 46.2 Å². The van der Waals surface area contributed by atoms with E-state index in [1.165, 1.54) is 16.2 Å². The summed E-state index contributed by atoms with van der Waals surface area (Å²) < 4.78 is 7.24. The Labute approximate surface area is 171 Å². The number of carbonyl (C=O) groups is 1. The van der Waals surface area contributed by atoms with E-state index in [4.69, 9.17) is 4.42 Å². The van der Waals surface area contributed by atoms with Crippen LogP contribution < -0.4 is 10.9 Å². The Hall–Kier alpha value is -3.08. The van der Waals surface area contributed by atoms with Crippen LogP contribution in [-0.2, 0) is 6.54 Å². The van der Waals surface area contributed by atoms with Gasteiger partial charge in [0.1, 0.15) is 5.76 Å². The van der Waals surface area contributed by atoms with Crippen molar-refractivity contribution < 1.29 is 9.21 Å². The summed E-state index contributed by atoms with van der Waals surface area (Å²) in [5.41, 5.74) is 2.23. The van der Waals surface area contributed by atoms with Gasteiger partial charge < -0.3 is 14.3 Å². The van der Waals surface area contributed by atoms with E-state index in [0.29, 0.717) is 11.7 Å². The van der Waals surface area contributed by atoms with Crippen molar-refractivity contribution in [3.63, 3.8) is 0 Å². The van der Waals surface area contributed by atoms with Crippen LogP contribution in [0.15, 0.2) is 70.0 Å². The zero-order chi connectivity index (χ0) is 21.0. The summed E-state index contributed by atoms with van der Waals surface area (Å²) in [7, 11) is 0. The van der Waals surface area contributed by atoms with Crippen LogP contribution in [-0.4, -0.2) is 10.5 Å². The molecule has 5 heteroatoms. The number of aromatic nitrogens is 1. The molecule has 3 rings (SSSR count). The molecule has 1 amide bonds. The number of hydrogen-bond donors (Lipinski definition) is 1. The van der Waals surface area contributed by atoms with Crippen molar-refractivity contribution in [1.29, 1.82) is 0 Å². The molecular weight excluding hydrogens is 364 g/mol. The Morgan fingerprint density at radius 2 is 1.66 bits per heavy atom. The second kappa shape index (κ2) is 8.95. The van der Waals surface area contributed by atoms with Crippen molar-refractivity contribution in [2.75, 3.05) is 0 Å². The van der Waals surface area contributed by atoms with E-state index in [-0.39, 0.29) is 35.7 Å². The first-order chi connectivity index (χ1) is 13.8. The van der Waals surface area contributed by atoms with Gasteiger partial charge in [-0.05, 0) is 41.2 Å². The molecule has 152 valence electrons. The van der Waals surface area contributed by atoms with Crippen molar-refractivity contribution in [2.24, 2.45) is 5.92 Å². The number of carbonyl (C=O) groups excluding carboxylic acids is 1. The molecule has 2 aromatic heterocycles. The zero-order valence-electron chi connectivity index (χ0n) is 17.4. The molecule has 0 radical (unpaired) electrons. The highest BCUT2D eigenvalue weighted by Crippen LogP contribution is 2.25. The molecule has 0 saturated heterocycles. The van der Waals surface area contributed by atoms with Gasteiger partial charge in [-0.15, -0.1) is 0 Å². The highest BCUT2D eigenvalue weighted by Gasteiger charge is 2.21. The Morgan fingerprint density at radius 3 is 2.28 bits per heavy atom. The van der Waals surface area contributed by atoms with Crippen molar-refractivity contribution >= 4 is 5.91 Å². The molecule has 0 spiro atoms. The average Bonchev–Trinajstić information content (AvgIpc) is 3.16. The highest BCUT2D eigenvalue weighted by atomic mass is 16.4. The van der Waals surface area contributed by atoms with E-state index in [1.807, 2.05) is 0 Å². The van der Waals surface area contributed by atoms with Gasteiger partial charge >= 0.3 is 0 Å². The van der Waals surface area contributed by atoms with E-state index >= 15 is 0 Å². The minimum atomic E-state index is -0.261. The molecule has 0 fully saturated rings. The third-order valence-corrected chi connectivity index (χ3v) is 5.03. The molecule has 29 heavy (non-hydrogen) atoms. The number of amides is 1. The summed E-state index contributed by atoms with van der Waals surface area (Å²) in [4.78, 5) is 24.6. The SMILES string of the molecule is CC(C)c1ccc(C(NC(=O)c2ccc(Cn3ccccc3=O)o2)C(C)C)cc1. The molecule has 0 saturated carbocycles. The van der Waals surface area contributed by atoms with E-state index in [0.717, 1.165) is 5.56 Å². The third-order valence-electron chi connectivity index (χ3n) is 5.03. The molecule has 1 unspecified atom stereocenters. The van der Waals surface area contributed by atoms with Crippen LogP contribution in [0.2, 0.25) is 0 Å². The number of pyridine rings is 1.